The minimum absolute atomic E-state index is 0.237. The molecule has 0 saturated carbocycles. The second kappa shape index (κ2) is 12.0. The molecular formula is C36H38O. The Morgan fingerprint density at radius 2 is 0.973 bits per heavy atom. The first-order chi connectivity index (χ1) is 17.9. The van der Waals surface area contributed by atoms with Gasteiger partial charge in [0, 0.05) is 0 Å². The second-order valence-corrected chi connectivity index (χ2v) is 10.0. The van der Waals surface area contributed by atoms with Crippen LogP contribution in [-0.4, -0.2) is 0 Å². The van der Waals surface area contributed by atoms with Crippen molar-refractivity contribution in [1.82, 2.24) is 0 Å². The van der Waals surface area contributed by atoms with Crippen LogP contribution in [-0.2, 0) is 17.6 Å². The fourth-order valence-electron chi connectivity index (χ4n) is 5.55. The first kappa shape index (κ1) is 26.4. The number of hydrogen-bond donors (Lipinski definition) is 0. The summed E-state index contributed by atoms with van der Waals surface area (Å²) in [5, 5.41) is 0. The average molecular weight is 487 g/mol. The van der Waals surface area contributed by atoms with Crippen molar-refractivity contribution in [3.63, 3.8) is 0 Å². The van der Waals surface area contributed by atoms with Gasteiger partial charge in [-0.3, -0.25) is 0 Å². The zero-order chi connectivity index (χ0) is 26.4. The Balaban J connectivity index is 1.96. The SMILES string of the molecule is C=CCc1cc(C)cc(C)c1C(OC(c1ccccc1)c1c(C)cc(C)cc1CC=C)c1ccccc1. The van der Waals surface area contributed by atoms with E-state index in [0.717, 1.165) is 24.0 Å². The molecule has 37 heavy (non-hydrogen) atoms. The lowest BCUT2D eigenvalue weighted by Gasteiger charge is -2.31. The molecule has 188 valence electrons. The number of benzene rings is 4. The molecule has 1 heteroatoms. The van der Waals surface area contributed by atoms with Gasteiger partial charge in [0.2, 0.25) is 0 Å². The Hall–Kier alpha value is -3.68. The Morgan fingerprint density at radius 3 is 1.32 bits per heavy atom. The maximum absolute atomic E-state index is 7.34. The van der Waals surface area contributed by atoms with Crippen LogP contribution in [0.15, 0.2) is 110 Å². The fourth-order valence-corrected chi connectivity index (χ4v) is 5.55. The Morgan fingerprint density at radius 1 is 0.595 bits per heavy atom. The predicted octanol–water partition coefficient (Wildman–Crippen LogP) is 9.27. The summed E-state index contributed by atoms with van der Waals surface area (Å²) in [5.41, 5.74) is 12.3. The molecule has 0 aromatic heterocycles. The quantitative estimate of drug-likeness (QED) is 0.203. The van der Waals surface area contributed by atoms with Crippen molar-refractivity contribution >= 4 is 0 Å². The Bertz CT molecular complexity index is 1260. The van der Waals surface area contributed by atoms with Gasteiger partial charge in [-0.25, -0.2) is 0 Å². The molecule has 4 rings (SSSR count). The lowest BCUT2D eigenvalue weighted by Crippen LogP contribution is -2.18. The summed E-state index contributed by atoms with van der Waals surface area (Å²) in [5.74, 6) is 0. The monoisotopic (exact) mass is 486 g/mol. The van der Waals surface area contributed by atoms with Gasteiger partial charge in [0.1, 0.15) is 12.2 Å². The molecule has 1 nitrogen and oxygen atoms in total. The van der Waals surface area contributed by atoms with E-state index in [1.165, 1.54) is 44.5 Å². The minimum Gasteiger partial charge on any atom is -0.356 e. The molecule has 0 saturated heterocycles. The number of aryl methyl sites for hydroxylation is 4. The maximum atomic E-state index is 7.34. The van der Waals surface area contributed by atoms with Crippen molar-refractivity contribution in [3.05, 3.63) is 166 Å². The number of ether oxygens (including phenoxy) is 1. The molecule has 4 aromatic carbocycles. The van der Waals surface area contributed by atoms with Gasteiger partial charge in [0.15, 0.2) is 0 Å². The van der Waals surface area contributed by atoms with E-state index >= 15 is 0 Å². The summed E-state index contributed by atoms with van der Waals surface area (Å²) in [7, 11) is 0. The average Bonchev–Trinajstić information content (AvgIpc) is 2.87. The van der Waals surface area contributed by atoms with Crippen LogP contribution in [0.1, 0.15) is 67.8 Å². The largest absolute Gasteiger partial charge is 0.356 e. The third kappa shape index (κ3) is 6.01. The van der Waals surface area contributed by atoms with Crippen LogP contribution in [0, 0.1) is 27.7 Å². The summed E-state index contributed by atoms with van der Waals surface area (Å²) < 4.78 is 7.34. The van der Waals surface area contributed by atoms with E-state index < -0.39 is 0 Å². The number of allylic oxidation sites excluding steroid dienone is 2. The van der Waals surface area contributed by atoms with Gasteiger partial charge in [0.25, 0.3) is 0 Å². The third-order valence-corrected chi connectivity index (χ3v) is 6.96. The van der Waals surface area contributed by atoms with Crippen LogP contribution in [0.2, 0.25) is 0 Å². The normalized spacial score (nSPS) is 12.6. The molecule has 0 aliphatic heterocycles. The van der Waals surface area contributed by atoms with Crippen molar-refractivity contribution in [3.8, 4) is 0 Å². The summed E-state index contributed by atoms with van der Waals surface area (Å²) in [6.45, 7) is 16.8. The van der Waals surface area contributed by atoms with E-state index in [4.69, 9.17) is 4.74 Å². The molecule has 4 aromatic rings. The van der Waals surface area contributed by atoms with Crippen LogP contribution in [0.25, 0.3) is 0 Å². The first-order valence-corrected chi connectivity index (χ1v) is 13.1. The van der Waals surface area contributed by atoms with Crippen molar-refractivity contribution in [2.45, 2.75) is 52.7 Å². The Labute approximate surface area is 223 Å². The highest BCUT2D eigenvalue weighted by molar-refractivity contribution is 5.47. The Kier molecular flexibility index (Phi) is 8.58. The van der Waals surface area contributed by atoms with Crippen molar-refractivity contribution < 1.29 is 4.74 Å². The lowest BCUT2D eigenvalue weighted by molar-refractivity contribution is 0.0293. The standard InChI is InChI=1S/C36H38O/c1-7-15-31-23-25(3)21-27(5)33(31)35(29-17-11-9-12-18-29)37-36(30-19-13-10-14-20-30)34-28(6)22-26(4)24-32(34)16-8-2/h7-14,17-24,35-36H,1-2,15-16H2,3-6H3. The van der Waals surface area contributed by atoms with E-state index in [1.807, 2.05) is 12.2 Å². The lowest BCUT2D eigenvalue weighted by atomic mass is 9.87. The van der Waals surface area contributed by atoms with Crippen molar-refractivity contribution in [2.75, 3.05) is 0 Å². The summed E-state index contributed by atoms with van der Waals surface area (Å²) in [6, 6.07) is 30.3. The van der Waals surface area contributed by atoms with E-state index in [2.05, 4.69) is 126 Å². The number of hydrogen-bond acceptors (Lipinski definition) is 1. The van der Waals surface area contributed by atoms with Gasteiger partial charge >= 0.3 is 0 Å². The van der Waals surface area contributed by atoms with Gasteiger partial charge in [0.05, 0.1) is 0 Å². The molecule has 2 atom stereocenters. The highest BCUT2D eigenvalue weighted by Crippen LogP contribution is 2.41. The van der Waals surface area contributed by atoms with Crippen molar-refractivity contribution in [2.24, 2.45) is 0 Å². The highest BCUT2D eigenvalue weighted by Gasteiger charge is 2.28. The molecule has 0 spiro atoms. The van der Waals surface area contributed by atoms with E-state index in [9.17, 15) is 0 Å². The predicted molar refractivity (Wildman–Crippen MR) is 157 cm³/mol. The van der Waals surface area contributed by atoms with Gasteiger partial charge in [-0.05, 0) is 85.0 Å². The van der Waals surface area contributed by atoms with Gasteiger partial charge < -0.3 is 4.74 Å². The summed E-state index contributed by atoms with van der Waals surface area (Å²) in [6.07, 6.45) is 5.09. The molecule has 0 aliphatic carbocycles. The molecular weight excluding hydrogens is 448 g/mol. The fraction of sp³-hybridized carbons (Fsp3) is 0.222. The van der Waals surface area contributed by atoms with Crippen molar-refractivity contribution in [1.29, 1.82) is 0 Å². The topological polar surface area (TPSA) is 9.23 Å². The van der Waals surface area contributed by atoms with E-state index in [0.29, 0.717) is 0 Å². The minimum atomic E-state index is -0.237. The van der Waals surface area contributed by atoms with Crippen LogP contribution in [0.3, 0.4) is 0 Å². The molecule has 0 radical (unpaired) electrons. The van der Waals surface area contributed by atoms with Crippen LogP contribution < -0.4 is 0 Å². The van der Waals surface area contributed by atoms with Gasteiger partial charge in [-0.15, -0.1) is 13.2 Å². The molecule has 0 aliphatic rings. The zero-order valence-electron chi connectivity index (χ0n) is 22.6. The van der Waals surface area contributed by atoms with E-state index in [-0.39, 0.29) is 12.2 Å². The van der Waals surface area contributed by atoms with Crippen LogP contribution >= 0.6 is 0 Å². The van der Waals surface area contributed by atoms with Crippen LogP contribution in [0.5, 0.6) is 0 Å². The summed E-state index contributed by atoms with van der Waals surface area (Å²) in [4.78, 5) is 0. The molecule has 0 N–H and O–H groups in total. The molecule has 0 amide bonds. The number of rotatable bonds is 10. The molecule has 0 bridgehead atoms. The summed E-state index contributed by atoms with van der Waals surface area (Å²) >= 11 is 0. The third-order valence-electron chi connectivity index (χ3n) is 6.96. The highest BCUT2D eigenvalue weighted by atomic mass is 16.5. The van der Waals surface area contributed by atoms with Gasteiger partial charge in [-0.1, -0.05) is 108 Å². The smallest absolute Gasteiger partial charge is 0.109 e. The maximum Gasteiger partial charge on any atom is 0.109 e. The first-order valence-electron chi connectivity index (χ1n) is 13.1. The van der Waals surface area contributed by atoms with E-state index in [1.54, 1.807) is 0 Å². The second-order valence-electron chi connectivity index (χ2n) is 10.0. The van der Waals surface area contributed by atoms with Gasteiger partial charge in [-0.2, -0.15) is 0 Å². The zero-order valence-corrected chi connectivity index (χ0v) is 22.6. The molecule has 0 fully saturated rings. The van der Waals surface area contributed by atoms with Crippen LogP contribution in [0.4, 0.5) is 0 Å². The molecule has 2 unspecified atom stereocenters. The molecule has 0 heterocycles.